The molecule has 214 valence electrons. The smallest absolute Gasteiger partial charge is 0.251 e. The van der Waals surface area contributed by atoms with Crippen LogP contribution in [0.25, 0.3) is 11.4 Å². The largest absolute Gasteiger partial charge is 0.352 e. The van der Waals surface area contributed by atoms with E-state index in [4.69, 9.17) is 0 Å². The van der Waals surface area contributed by atoms with E-state index in [0.717, 1.165) is 61.0 Å². The molecule has 8 nitrogen and oxygen atoms in total. The summed E-state index contributed by atoms with van der Waals surface area (Å²) in [6.45, 7) is 1.19. The van der Waals surface area contributed by atoms with E-state index >= 15 is 0 Å². The first kappa shape index (κ1) is 30.0. The van der Waals surface area contributed by atoms with Crippen molar-refractivity contribution < 1.29 is 19.2 Å². The van der Waals surface area contributed by atoms with E-state index in [1.54, 1.807) is 12.1 Å². The van der Waals surface area contributed by atoms with Crippen LogP contribution in [0.2, 0.25) is 0 Å². The van der Waals surface area contributed by atoms with Gasteiger partial charge in [-0.15, -0.1) is 0 Å². The number of aldehydes is 1. The van der Waals surface area contributed by atoms with E-state index in [1.807, 2.05) is 54.9 Å². The molecule has 0 saturated carbocycles. The number of ketones is 1. The molecule has 0 saturated heterocycles. The summed E-state index contributed by atoms with van der Waals surface area (Å²) in [4.78, 5) is 55.5. The highest BCUT2D eigenvalue weighted by atomic mass is 16.2. The molecular formula is C34H34N4O4. The van der Waals surface area contributed by atoms with Gasteiger partial charge < -0.3 is 10.6 Å². The number of unbranched alkanes of at least 4 members (excludes halogenated alkanes) is 2. The van der Waals surface area contributed by atoms with Gasteiger partial charge >= 0.3 is 0 Å². The predicted molar refractivity (Wildman–Crippen MR) is 161 cm³/mol. The zero-order valence-corrected chi connectivity index (χ0v) is 23.4. The Balaban J connectivity index is 1.12. The van der Waals surface area contributed by atoms with Gasteiger partial charge in [-0.1, -0.05) is 42.5 Å². The highest BCUT2D eigenvalue weighted by molar-refractivity contribution is 6.33. The fraction of sp³-hybridized carbons (Fsp3) is 0.235. The summed E-state index contributed by atoms with van der Waals surface area (Å²) in [5, 5.41) is 5.84. The maximum atomic E-state index is 12.3. The number of amides is 2. The minimum Gasteiger partial charge on any atom is -0.352 e. The van der Waals surface area contributed by atoms with E-state index in [-0.39, 0.29) is 23.7 Å². The molecule has 0 spiro atoms. The first-order valence-electron chi connectivity index (χ1n) is 14.1. The van der Waals surface area contributed by atoms with Crippen LogP contribution in [-0.4, -0.2) is 46.9 Å². The Morgan fingerprint density at radius 2 is 1.05 bits per heavy atom. The van der Waals surface area contributed by atoms with Gasteiger partial charge in [0.2, 0.25) is 5.78 Å². The minimum absolute atomic E-state index is 0.0406. The van der Waals surface area contributed by atoms with Crippen LogP contribution in [0.5, 0.6) is 0 Å². The second-order valence-corrected chi connectivity index (χ2v) is 9.95. The minimum atomic E-state index is -0.607. The Labute approximate surface area is 245 Å². The highest BCUT2D eigenvalue weighted by Gasteiger charge is 2.08. The van der Waals surface area contributed by atoms with Crippen molar-refractivity contribution in [1.82, 2.24) is 20.6 Å². The molecule has 42 heavy (non-hydrogen) atoms. The number of hydrogen-bond donors (Lipinski definition) is 2. The molecule has 0 fully saturated rings. The van der Waals surface area contributed by atoms with Crippen molar-refractivity contribution >= 4 is 23.9 Å². The molecule has 2 heterocycles. The molecule has 0 aliphatic rings. The van der Waals surface area contributed by atoms with E-state index in [1.165, 1.54) is 12.1 Å². The number of carbonyl (C=O) groups is 4. The van der Waals surface area contributed by atoms with Gasteiger partial charge in [0, 0.05) is 42.2 Å². The van der Waals surface area contributed by atoms with Crippen LogP contribution in [0.1, 0.15) is 67.9 Å². The number of pyridine rings is 2. The lowest BCUT2D eigenvalue weighted by Crippen LogP contribution is -2.24. The molecule has 0 bridgehead atoms. The summed E-state index contributed by atoms with van der Waals surface area (Å²) in [6.07, 6.45) is 9.35. The third kappa shape index (κ3) is 9.02. The third-order valence-corrected chi connectivity index (χ3v) is 6.84. The van der Waals surface area contributed by atoms with E-state index < -0.39 is 5.78 Å². The van der Waals surface area contributed by atoms with Gasteiger partial charge in [0.1, 0.15) is 0 Å². The van der Waals surface area contributed by atoms with E-state index in [9.17, 15) is 19.2 Å². The summed E-state index contributed by atoms with van der Waals surface area (Å²) in [6, 6.07) is 23.4. The number of nitrogens with zero attached hydrogens (tertiary/aromatic N) is 2. The first-order chi connectivity index (χ1) is 20.5. The average Bonchev–Trinajstić information content (AvgIpc) is 3.05. The second kappa shape index (κ2) is 15.7. The number of aryl methyl sites for hydroxylation is 2. The second-order valence-electron chi connectivity index (χ2n) is 9.95. The van der Waals surface area contributed by atoms with Crippen LogP contribution < -0.4 is 10.6 Å². The first-order valence-corrected chi connectivity index (χ1v) is 14.1. The van der Waals surface area contributed by atoms with E-state index in [0.29, 0.717) is 24.2 Å². The maximum absolute atomic E-state index is 12.3. The number of nitrogens with one attached hydrogen (secondary N) is 2. The molecule has 0 aliphatic carbocycles. The van der Waals surface area contributed by atoms with Crippen LogP contribution in [0.4, 0.5) is 0 Å². The van der Waals surface area contributed by atoms with Crippen LogP contribution in [-0.2, 0) is 17.6 Å². The zero-order valence-electron chi connectivity index (χ0n) is 23.4. The predicted octanol–water partition coefficient (Wildman–Crippen LogP) is 5.03. The number of carbonyl (C=O) groups excluding carboxylic acids is 4. The molecular weight excluding hydrogens is 528 g/mol. The van der Waals surface area contributed by atoms with Gasteiger partial charge in [-0.05, 0) is 86.1 Å². The van der Waals surface area contributed by atoms with Crippen molar-refractivity contribution in [2.75, 3.05) is 13.1 Å². The summed E-state index contributed by atoms with van der Waals surface area (Å²) < 4.78 is 0. The van der Waals surface area contributed by atoms with E-state index in [2.05, 4.69) is 32.7 Å². The SMILES string of the molecule is O=CC(=O)c1ccc(C(=O)NCCCCc2ccc(-c3ccc(CCCCNC(=O)c4ccccc4)cn3)nc2)cc1. The number of benzene rings is 2. The molecule has 2 amide bonds. The topological polar surface area (TPSA) is 118 Å². The molecule has 2 aromatic carbocycles. The quantitative estimate of drug-likeness (QED) is 0.0908. The van der Waals surface area contributed by atoms with Crippen LogP contribution in [0.3, 0.4) is 0 Å². The van der Waals surface area contributed by atoms with Crippen LogP contribution >= 0.6 is 0 Å². The van der Waals surface area contributed by atoms with Gasteiger partial charge in [0.25, 0.3) is 11.8 Å². The van der Waals surface area contributed by atoms with Crippen LogP contribution in [0.15, 0.2) is 91.3 Å². The van der Waals surface area contributed by atoms with Gasteiger partial charge in [0.05, 0.1) is 11.4 Å². The fourth-order valence-corrected chi connectivity index (χ4v) is 4.41. The summed E-state index contributed by atoms with van der Waals surface area (Å²) in [5.41, 5.74) is 5.32. The fourth-order valence-electron chi connectivity index (χ4n) is 4.41. The highest BCUT2D eigenvalue weighted by Crippen LogP contribution is 2.17. The number of aromatic nitrogens is 2. The summed E-state index contributed by atoms with van der Waals surface area (Å²) >= 11 is 0. The molecule has 0 atom stereocenters. The summed E-state index contributed by atoms with van der Waals surface area (Å²) in [5.74, 6) is -0.859. The van der Waals surface area contributed by atoms with Gasteiger partial charge in [-0.3, -0.25) is 29.1 Å². The number of hydrogen-bond acceptors (Lipinski definition) is 6. The Morgan fingerprint density at radius 3 is 1.50 bits per heavy atom. The Hall–Kier alpha value is -4.98. The third-order valence-electron chi connectivity index (χ3n) is 6.84. The van der Waals surface area contributed by atoms with Crippen molar-refractivity contribution in [2.45, 2.75) is 38.5 Å². The maximum Gasteiger partial charge on any atom is 0.251 e. The number of Topliss-reactive ketones (excluding diaryl/α,β-unsaturated/α-hetero) is 1. The molecule has 2 N–H and O–H groups in total. The van der Waals surface area contributed by atoms with Gasteiger partial charge in [-0.25, -0.2) is 0 Å². The molecule has 4 aromatic rings. The molecule has 2 aromatic heterocycles. The molecule has 4 rings (SSSR count). The molecule has 8 heteroatoms. The molecule has 0 unspecified atom stereocenters. The monoisotopic (exact) mass is 562 g/mol. The summed E-state index contributed by atoms with van der Waals surface area (Å²) in [7, 11) is 0. The zero-order chi connectivity index (χ0) is 29.6. The molecule has 0 radical (unpaired) electrons. The molecule has 0 aliphatic heterocycles. The van der Waals surface area contributed by atoms with Crippen LogP contribution in [0, 0.1) is 0 Å². The van der Waals surface area contributed by atoms with Crippen molar-refractivity contribution in [3.8, 4) is 11.4 Å². The van der Waals surface area contributed by atoms with Gasteiger partial charge in [0.15, 0.2) is 6.29 Å². The van der Waals surface area contributed by atoms with Gasteiger partial charge in [-0.2, -0.15) is 0 Å². The Kier molecular flexibility index (Phi) is 11.2. The van der Waals surface area contributed by atoms with Crippen molar-refractivity contribution in [3.05, 3.63) is 119 Å². The lowest BCUT2D eigenvalue weighted by atomic mass is 10.1. The average molecular weight is 563 g/mol. The van der Waals surface area contributed by atoms with Crippen molar-refractivity contribution in [2.24, 2.45) is 0 Å². The Morgan fingerprint density at radius 1 is 0.571 bits per heavy atom. The lowest BCUT2D eigenvalue weighted by Gasteiger charge is -2.07. The van der Waals surface area contributed by atoms with Crippen molar-refractivity contribution in [3.63, 3.8) is 0 Å². The normalized spacial score (nSPS) is 10.6. The standard InChI is InChI=1S/C34H34N4O4/c39-24-32(40)27-14-16-29(17-15-27)34(42)36-21-7-5-9-26-13-19-31(38-23-26)30-18-12-25(22-37-30)8-4-6-20-35-33(41)28-10-2-1-3-11-28/h1-3,10-19,22-24H,4-9,20-21H2,(H,35,41)(H,36,42). The lowest BCUT2D eigenvalue weighted by molar-refractivity contribution is -0.104. The number of rotatable bonds is 15. The Bertz CT molecular complexity index is 1470. The van der Waals surface area contributed by atoms with Crippen molar-refractivity contribution in [1.29, 1.82) is 0 Å².